The van der Waals surface area contributed by atoms with Crippen LogP contribution in [-0.4, -0.2) is 27.8 Å². The fraction of sp³-hybridized carbons (Fsp3) is 0.200. The third-order valence-corrected chi connectivity index (χ3v) is 4.88. The standard InChI is InChI=1S/C20H18N2O3/c1-12(23)22-17(20(24)25)11-15-14-9-5-6-10-16(14)21-18(15)19(22)13-7-3-2-4-8-13/h2-10,17,19,21H,11H2,1H3,(H,24,25)/p-1/t17-,19+/m1/s1. The SMILES string of the molecule is CC(=O)N1[C@@H](c2ccccc2)c2[nH]c3ccccc3c2C[C@@H]1C(=O)[O-]. The van der Waals surface area contributed by atoms with E-state index in [1.54, 1.807) is 0 Å². The van der Waals surface area contributed by atoms with Gasteiger partial charge in [0.1, 0.15) is 0 Å². The maximum absolute atomic E-state index is 12.3. The molecule has 1 aromatic heterocycles. The van der Waals surface area contributed by atoms with Crippen LogP contribution in [0.3, 0.4) is 0 Å². The quantitative estimate of drug-likeness (QED) is 0.777. The van der Waals surface area contributed by atoms with E-state index in [1.165, 1.54) is 11.8 Å². The van der Waals surface area contributed by atoms with Gasteiger partial charge in [0.25, 0.3) is 0 Å². The number of para-hydroxylation sites is 1. The van der Waals surface area contributed by atoms with E-state index in [9.17, 15) is 14.7 Å². The molecule has 0 radical (unpaired) electrons. The summed E-state index contributed by atoms with van der Waals surface area (Å²) in [6.45, 7) is 1.40. The minimum Gasteiger partial charge on any atom is -0.548 e. The first-order valence-electron chi connectivity index (χ1n) is 8.22. The predicted molar refractivity (Wildman–Crippen MR) is 91.6 cm³/mol. The van der Waals surface area contributed by atoms with Crippen LogP contribution < -0.4 is 5.11 Å². The Balaban J connectivity index is 2.00. The highest BCUT2D eigenvalue weighted by atomic mass is 16.4. The smallest absolute Gasteiger partial charge is 0.220 e. The van der Waals surface area contributed by atoms with Gasteiger partial charge in [0.05, 0.1) is 18.1 Å². The number of hydrogen-bond donors (Lipinski definition) is 1. The second-order valence-corrected chi connectivity index (χ2v) is 6.34. The highest BCUT2D eigenvalue weighted by molar-refractivity contribution is 5.89. The Morgan fingerprint density at radius 3 is 2.44 bits per heavy atom. The number of aromatic nitrogens is 1. The molecule has 1 aliphatic rings. The number of benzene rings is 2. The molecular weight excluding hydrogens is 316 g/mol. The van der Waals surface area contributed by atoms with Crippen molar-refractivity contribution in [1.29, 1.82) is 0 Å². The summed E-state index contributed by atoms with van der Waals surface area (Å²) in [5.74, 6) is -1.51. The molecule has 0 spiro atoms. The van der Waals surface area contributed by atoms with Crippen LogP contribution in [-0.2, 0) is 16.0 Å². The number of rotatable bonds is 2. The summed E-state index contributed by atoms with van der Waals surface area (Å²) in [5, 5.41) is 12.8. The Morgan fingerprint density at radius 2 is 1.76 bits per heavy atom. The van der Waals surface area contributed by atoms with Crippen molar-refractivity contribution in [2.45, 2.75) is 25.4 Å². The van der Waals surface area contributed by atoms with Crippen LogP contribution in [0, 0.1) is 0 Å². The van der Waals surface area contributed by atoms with Crippen LogP contribution >= 0.6 is 0 Å². The third-order valence-electron chi connectivity index (χ3n) is 4.88. The molecule has 25 heavy (non-hydrogen) atoms. The lowest BCUT2D eigenvalue weighted by Crippen LogP contribution is -2.55. The van der Waals surface area contributed by atoms with Crippen LogP contribution in [0.4, 0.5) is 0 Å². The molecule has 0 fully saturated rings. The van der Waals surface area contributed by atoms with E-state index in [0.29, 0.717) is 0 Å². The molecule has 1 amide bonds. The Labute approximate surface area is 144 Å². The van der Waals surface area contributed by atoms with E-state index in [0.717, 1.165) is 27.7 Å². The van der Waals surface area contributed by atoms with Gasteiger partial charge >= 0.3 is 0 Å². The number of carboxylic acids is 1. The summed E-state index contributed by atoms with van der Waals surface area (Å²) in [7, 11) is 0. The van der Waals surface area contributed by atoms with Crippen LogP contribution in [0.15, 0.2) is 54.6 Å². The van der Waals surface area contributed by atoms with Crippen LogP contribution in [0.5, 0.6) is 0 Å². The van der Waals surface area contributed by atoms with Gasteiger partial charge in [-0.25, -0.2) is 0 Å². The van der Waals surface area contributed by atoms with Gasteiger partial charge in [0.15, 0.2) is 0 Å². The summed E-state index contributed by atoms with van der Waals surface area (Å²) >= 11 is 0. The van der Waals surface area contributed by atoms with Crippen molar-refractivity contribution < 1.29 is 14.7 Å². The molecule has 0 aliphatic carbocycles. The maximum Gasteiger partial charge on any atom is 0.220 e. The highest BCUT2D eigenvalue weighted by Crippen LogP contribution is 2.40. The fourth-order valence-electron chi connectivity index (χ4n) is 3.85. The number of carbonyl (C=O) groups is 2. The number of aliphatic carboxylic acids is 1. The van der Waals surface area contributed by atoms with Gasteiger partial charge in [-0.2, -0.15) is 0 Å². The van der Waals surface area contributed by atoms with Gasteiger partial charge in [0, 0.05) is 29.9 Å². The highest BCUT2D eigenvalue weighted by Gasteiger charge is 2.39. The molecule has 0 unspecified atom stereocenters. The van der Waals surface area contributed by atoms with E-state index in [1.807, 2.05) is 54.6 Å². The minimum atomic E-state index is -1.23. The van der Waals surface area contributed by atoms with Crippen molar-refractivity contribution >= 4 is 22.8 Å². The van der Waals surface area contributed by atoms with Gasteiger partial charge in [-0.15, -0.1) is 0 Å². The fourth-order valence-corrected chi connectivity index (χ4v) is 3.85. The number of amides is 1. The largest absolute Gasteiger partial charge is 0.548 e. The summed E-state index contributed by atoms with van der Waals surface area (Å²) in [6.07, 6.45) is 0.241. The lowest BCUT2D eigenvalue weighted by molar-refractivity contribution is -0.312. The lowest BCUT2D eigenvalue weighted by atomic mass is 9.88. The first-order valence-corrected chi connectivity index (χ1v) is 8.22. The van der Waals surface area contributed by atoms with E-state index < -0.39 is 18.1 Å². The zero-order chi connectivity index (χ0) is 17.6. The number of hydrogen-bond acceptors (Lipinski definition) is 3. The molecule has 126 valence electrons. The van der Waals surface area contributed by atoms with Gasteiger partial charge in [-0.3, -0.25) is 4.79 Å². The van der Waals surface area contributed by atoms with Gasteiger partial charge in [-0.05, 0) is 17.2 Å². The molecule has 5 heteroatoms. The summed E-state index contributed by atoms with van der Waals surface area (Å²) in [4.78, 5) is 29.0. The number of aromatic amines is 1. The lowest BCUT2D eigenvalue weighted by Gasteiger charge is -2.42. The Kier molecular flexibility index (Phi) is 3.57. The van der Waals surface area contributed by atoms with E-state index >= 15 is 0 Å². The molecule has 4 rings (SSSR count). The van der Waals surface area contributed by atoms with Gasteiger partial charge in [0.2, 0.25) is 5.91 Å². The molecule has 1 aliphatic heterocycles. The van der Waals surface area contributed by atoms with Crippen molar-refractivity contribution in [3.05, 3.63) is 71.4 Å². The average Bonchev–Trinajstić information content (AvgIpc) is 2.99. The Hall–Kier alpha value is -3.08. The summed E-state index contributed by atoms with van der Waals surface area (Å²) < 4.78 is 0. The summed E-state index contributed by atoms with van der Waals surface area (Å²) in [6, 6.07) is 15.8. The molecule has 5 nitrogen and oxygen atoms in total. The third kappa shape index (κ3) is 2.39. The van der Waals surface area contributed by atoms with Crippen LogP contribution in [0.2, 0.25) is 0 Å². The number of nitrogens with one attached hydrogen (secondary N) is 1. The molecule has 2 heterocycles. The van der Waals surface area contributed by atoms with Gasteiger partial charge in [-0.1, -0.05) is 48.5 Å². The van der Waals surface area contributed by atoms with Crippen LogP contribution in [0.1, 0.15) is 29.8 Å². The number of carbonyl (C=O) groups excluding carboxylic acids is 2. The molecule has 0 bridgehead atoms. The molecule has 1 N–H and O–H groups in total. The van der Waals surface area contributed by atoms with E-state index in [4.69, 9.17) is 0 Å². The van der Waals surface area contributed by atoms with E-state index in [-0.39, 0.29) is 12.3 Å². The maximum atomic E-state index is 12.3. The average molecular weight is 333 g/mol. The second kappa shape index (κ2) is 5.77. The Morgan fingerprint density at radius 1 is 1.08 bits per heavy atom. The normalized spacial score (nSPS) is 19.6. The number of H-pyrrole nitrogens is 1. The van der Waals surface area contributed by atoms with Crippen LogP contribution in [0.25, 0.3) is 10.9 Å². The van der Waals surface area contributed by atoms with Crippen molar-refractivity contribution in [2.24, 2.45) is 0 Å². The number of nitrogens with zero attached hydrogens (tertiary/aromatic N) is 1. The molecule has 0 saturated heterocycles. The van der Waals surface area contributed by atoms with E-state index in [2.05, 4.69) is 4.98 Å². The zero-order valence-electron chi connectivity index (χ0n) is 13.7. The Bertz CT molecular complexity index is 961. The summed E-state index contributed by atoms with van der Waals surface area (Å²) in [5.41, 5.74) is 3.63. The topological polar surface area (TPSA) is 76.2 Å². The van der Waals surface area contributed by atoms with Crippen molar-refractivity contribution in [1.82, 2.24) is 9.88 Å². The van der Waals surface area contributed by atoms with Crippen molar-refractivity contribution in [3.63, 3.8) is 0 Å². The molecule has 0 saturated carbocycles. The monoisotopic (exact) mass is 333 g/mol. The van der Waals surface area contributed by atoms with Crippen molar-refractivity contribution in [3.8, 4) is 0 Å². The first-order chi connectivity index (χ1) is 12.1. The van der Waals surface area contributed by atoms with Gasteiger partial charge < -0.3 is 19.8 Å². The molecular formula is C20H17N2O3-. The molecule has 2 atom stereocenters. The zero-order valence-corrected chi connectivity index (χ0v) is 13.7. The minimum absolute atomic E-state index is 0.241. The molecule has 3 aromatic rings. The second-order valence-electron chi connectivity index (χ2n) is 6.34. The number of fused-ring (bicyclic) bond motifs is 3. The first kappa shape index (κ1) is 15.4. The van der Waals surface area contributed by atoms with Crippen molar-refractivity contribution in [2.75, 3.05) is 0 Å². The predicted octanol–water partition coefficient (Wildman–Crippen LogP) is 1.78. The number of carboxylic acid groups (broad SMARTS) is 1. The molecule has 2 aromatic carbocycles.